The molecule has 6 heteroatoms. The van der Waals surface area contributed by atoms with Gasteiger partial charge in [0.25, 0.3) is 5.91 Å². The second kappa shape index (κ2) is 6.61. The van der Waals surface area contributed by atoms with Gasteiger partial charge in [0, 0.05) is 24.7 Å². The van der Waals surface area contributed by atoms with E-state index in [1.807, 2.05) is 11.8 Å². The Morgan fingerprint density at radius 2 is 2.00 bits per heavy atom. The van der Waals surface area contributed by atoms with Gasteiger partial charge in [-0.15, -0.1) is 0 Å². The number of carbonyl (C=O) groups excluding carboxylic acids is 1. The Balaban J connectivity index is 1.78. The van der Waals surface area contributed by atoms with Crippen LogP contribution in [0.25, 0.3) is 0 Å². The minimum atomic E-state index is -3.52. The molecule has 23 heavy (non-hydrogen) atoms. The number of rotatable bonds is 8. The van der Waals surface area contributed by atoms with Crippen LogP contribution in [0.1, 0.15) is 49.4 Å². The molecule has 0 aliphatic heterocycles. The van der Waals surface area contributed by atoms with Crippen molar-refractivity contribution in [3.63, 3.8) is 0 Å². The number of benzene rings is 1. The summed E-state index contributed by atoms with van der Waals surface area (Å²) >= 11 is 0. The lowest BCUT2D eigenvalue weighted by atomic mass is 10.2. The molecule has 0 aromatic heterocycles. The second-order valence-electron chi connectivity index (χ2n) is 6.62. The van der Waals surface area contributed by atoms with Crippen molar-refractivity contribution in [3.05, 3.63) is 29.8 Å². The third-order valence-corrected chi connectivity index (χ3v) is 5.76. The van der Waals surface area contributed by atoms with Crippen LogP contribution in [0.5, 0.6) is 0 Å². The Bertz CT molecular complexity index is 679. The smallest absolute Gasteiger partial charge is 0.253 e. The summed E-state index contributed by atoms with van der Waals surface area (Å²) in [6, 6.07) is 6.46. The predicted molar refractivity (Wildman–Crippen MR) is 88.7 cm³/mol. The lowest BCUT2D eigenvalue weighted by molar-refractivity contribution is 0.0747. The van der Waals surface area contributed by atoms with E-state index in [0.717, 1.165) is 25.8 Å². The van der Waals surface area contributed by atoms with Crippen molar-refractivity contribution < 1.29 is 13.2 Å². The molecule has 1 aromatic rings. The fourth-order valence-electron chi connectivity index (χ4n) is 2.63. The van der Waals surface area contributed by atoms with E-state index in [1.54, 1.807) is 18.2 Å². The molecule has 0 saturated heterocycles. The average Bonchev–Trinajstić information content (AvgIpc) is 3.43. The van der Waals surface area contributed by atoms with Gasteiger partial charge in [-0.3, -0.25) is 4.79 Å². The van der Waals surface area contributed by atoms with Crippen molar-refractivity contribution in [1.29, 1.82) is 0 Å². The lowest BCUT2D eigenvalue weighted by Gasteiger charge is -2.22. The zero-order chi connectivity index (χ0) is 16.4. The molecule has 1 aromatic carbocycles. The number of nitrogens with zero attached hydrogens (tertiary/aromatic N) is 1. The van der Waals surface area contributed by atoms with Crippen LogP contribution in [-0.4, -0.2) is 38.4 Å². The van der Waals surface area contributed by atoms with Gasteiger partial charge in [-0.2, -0.15) is 0 Å². The highest BCUT2D eigenvalue weighted by Crippen LogP contribution is 2.30. The number of hydrogen-bond acceptors (Lipinski definition) is 3. The molecule has 2 saturated carbocycles. The first-order valence-electron chi connectivity index (χ1n) is 8.41. The van der Waals surface area contributed by atoms with E-state index in [-0.39, 0.29) is 16.8 Å². The summed E-state index contributed by atoms with van der Waals surface area (Å²) in [6.45, 7) is 3.55. The SMILES string of the molecule is CCCN(CC1CC1)C(=O)c1cccc(S(=O)(=O)NC2CC2)c1. The molecule has 0 atom stereocenters. The molecule has 3 rings (SSSR count). The fraction of sp³-hybridized carbons (Fsp3) is 0.588. The summed E-state index contributed by atoms with van der Waals surface area (Å²) in [4.78, 5) is 14.8. The van der Waals surface area contributed by atoms with E-state index in [2.05, 4.69) is 4.72 Å². The van der Waals surface area contributed by atoms with Gasteiger partial charge in [0.2, 0.25) is 10.0 Å². The zero-order valence-corrected chi connectivity index (χ0v) is 14.3. The highest BCUT2D eigenvalue weighted by atomic mass is 32.2. The van der Waals surface area contributed by atoms with Gasteiger partial charge in [-0.25, -0.2) is 13.1 Å². The van der Waals surface area contributed by atoms with Gasteiger partial charge >= 0.3 is 0 Å². The van der Waals surface area contributed by atoms with E-state index in [9.17, 15) is 13.2 Å². The monoisotopic (exact) mass is 336 g/mol. The summed E-state index contributed by atoms with van der Waals surface area (Å²) < 4.78 is 27.3. The van der Waals surface area contributed by atoms with Crippen LogP contribution >= 0.6 is 0 Å². The molecule has 2 fully saturated rings. The standard InChI is InChI=1S/C17H24N2O3S/c1-2-10-19(12-13-6-7-13)17(20)14-4-3-5-16(11-14)23(21,22)18-15-8-9-15/h3-5,11,13,15,18H,2,6-10,12H2,1H3. The Morgan fingerprint density at radius 1 is 1.26 bits per heavy atom. The van der Waals surface area contributed by atoms with E-state index in [4.69, 9.17) is 0 Å². The summed E-state index contributed by atoms with van der Waals surface area (Å²) in [5.41, 5.74) is 0.456. The molecule has 0 unspecified atom stereocenters. The number of carbonyl (C=O) groups is 1. The van der Waals surface area contributed by atoms with Crippen molar-refractivity contribution in [3.8, 4) is 0 Å². The largest absolute Gasteiger partial charge is 0.338 e. The highest BCUT2D eigenvalue weighted by molar-refractivity contribution is 7.89. The first-order valence-corrected chi connectivity index (χ1v) is 9.89. The Morgan fingerprint density at radius 3 is 2.61 bits per heavy atom. The molecular formula is C17H24N2O3S. The zero-order valence-electron chi connectivity index (χ0n) is 13.5. The van der Waals surface area contributed by atoms with Gasteiger partial charge in [0.05, 0.1) is 4.90 Å². The van der Waals surface area contributed by atoms with Gasteiger partial charge in [0.15, 0.2) is 0 Å². The first-order chi connectivity index (χ1) is 11.0. The first kappa shape index (κ1) is 16.5. The van der Waals surface area contributed by atoms with E-state index in [1.165, 1.54) is 18.9 Å². The topological polar surface area (TPSA) is 66.5 Å². The van der Waals surface area contributed by atoms with Crippen molar-refractivity contribution in [2.75, 3.05) is 13.1 Å². The van der Waals surface area contributed by atoms with Crippen molar-refractivity contribution in [2.45, 2.75) is 50.0 Å². The summed E-state index contributed by atoms with van der Waals surface area (Å²) in [5, 5.41) is 0. The van der Waals surface area contributed by atoms with Crippen LogP contribution < -0.4 is 4.72 Å². The molecular weight excluding hydrogens is 312 g/mol. The van der Waals surface area contributed by atoms with E-state index >= 15 is 0 Å². The molecule has 0 bridgehead atoms. The second-order valence-corrected chi connectivity index (χ2v) is 8.33. The minimum Gasteiger partial charge on any atom is -0.338 e. The lowest BCUT2D eigenvalue weighted by Crippen LogP contribution is -2.34. The van der Waals surface area contributed by atoms with Crippen LogP contribution in [0.4, 0.5) is 0 Å². The molecule has 0 spiro atoms. The van der Waals surface area contributed by atoms with Crippen LogP contribution in [0, 0.1) is 5.92 Å². The molecule has 2 aliphatic rings. The average molecular weight is 336 g/mol. The Labute approximate surface area is 138 Å². The highest BCUT2D eigenvalue weighted by Gasteiger charge is 2.29. The Hall–Kier alpha value is -1.40. The van der Waals surface area contributed by atoms with Crippen molar-refractivity contribution in [2.24, 2.45) is 5.92 Å². The molecule has 1 N–H and O–H groups in total. The summed E-state index contributed by atoms with van der Waals surface area (Å²) in [5.74, 6) is 0.552. The van der Waals surface area contributed by atoms with Crippen LogP contribution in [0.3, 0.4) is 0 Å². The molecule has 5 nitrogen and oxygen atoms in total. The molecule has 0 radical (unpaired) electrons. The normalized spacial score (nSPS) is 18.0. The third-order valence-electron chi connectivity index (χ3n) is 4.25. The van der Waals surface area contributed by atoms with Crippen LogP contribution in [-0.2, 0) is 10.0 Å². The maximum absolute atomic E-state index is 12.7. The molecule has 0 heterocycles. The van der Waals surface area contributed by atoms with Crippen molar-refractivity contribution >= 4 is 15.9 Å². The number of amides is 1. The molecule has 2 aliphatic carbocycles. The van der Waals surface area contributed by atoms with Gasteiger partial charge in [-0.1, -0.05) is 13.0 Å². The van der Waals surface area contributed by atoms with Gasteiger partial charge in [-0.05, 0) is 56.2 Å². The Kier molecular flexibility index (Phi) is 4.73. The van der Waals surface area contributed by atoms with E-state index < -0.39 is 10.0 Å². The molecule has 126 valence electrons. The van der Waals surface area contributed by atoms with Gasteiger partial charge < -0.3 is 4.90 Å². The van der Waals surface area contributed by atoms with Gasteiger partial charge in [0.1, 0.15) is 0 Å². The maximum Gasteiger partial charge on any atom is 0.253 e. The van der Waals surface area contributed by atoms with Crippen LogP contribution in [0.2, 0.25) is 0 Å². The van der Waals surface area contributed by atoms with E-state index in [0.29, 0.717) is 18.0 Å². The molecule has 1 amide bonds. The quantitative estimate of drug-likeness (QED) is 0.793. The fourth-order valence-corrected chi connectivity index (χ4v) is 3.98. The van der Waals surface area contributed by atoms with Crippen LogP contribution in [0.15, 0.2) is 29.2 Å². The summed E-state index contributed by atoms with van der Waals surface area (Å²) in [6.07, 6.45) is 5.06. The summed E-state index contributed by atoms with van der Waals surface area (Å²) in [7, 11) is -3.52. The maximum atomic E-state index is 12.7. The minimum absolute atomic E-state index is 0.0609. The van der Waals surface area contributed by atoms with Crippen molar-refractivity contribution in [1.82, 2.24) is 9.62 Å². The number of nitrogens with one attached hydrogen (secondary N) is 1. The predicted octanol–water partition coefficient (Wildman–Crippen LogP) is 2.39. The number of hydrogen-bond donors (Lipinski definition) is 1. The number of sulfonamides is 1. The third kappa shape index (κ3) is 4.32.